The molecule has 7 heteroatoms. The lowest BCUT2D eigenvalue weighted by molar-refractivity contribution is 0.0959. The molecule has 7 nitrogen and oxygen atoms in total. The number of hydrogen-bond donors (Lipinski definition) is 2. The zero-order valence-corrected chi connectivity index (χ0v) is 15.1. The number of urea groups is 1. The van der Waals surface area contributed by atoms with Gasteiger partial charge < -0.3 is 25.0 Å². The standard InChI is InChI=1S/C18H27N3O4/c1-4-24-18(23)21-11-9-14(10-12-21)19-17(22)20-15-7-5-6-8-16(15)25-13(2)3/h5-8,13-14H,4,9-12H2,1-3H3,(H2,19,20,22). The van der Waals surface area contributed by atoms with Gasteiger partial charge in [-0.1, -0.05) is 12.1 Å². The third-order valence-corrected chi connectivity index (χ3v) is 3.85. The van der Waals surface area contributed by atoms with E-state index in [4.69, 9.17) is 9.47 Å². The molecule has 0 spiro atoms. The van der Waals surface area contributed by atoms with Gasteiger partial charge in [0.2, 0.25) is 0 Å². The molecule has 2 N–H and O–H groups in total. The topological polar surface area (TPSA) is 79.9 Å². The number of nitrogens with zero attached hydrogens (tertiary/aromatic N) is 1. The van der Waals surface area contributed by atoms with Crippen LogP contribution in [0.1, 0.15) is 33.6 Å². The van der Waals surface area contributed by atoms with Crippen LogP contribution in [0.3, 0.4) is 0 Å². The van der Waals surface area contributed by atoms with E-state index in [0.717, 1.165) is 0 Å². The Morgan fingerprint density at radius 1 is 1.24 bits per heavy atom. The Labute approximate surface area is 148 Å². The van der Waals surface area contributed by atoms with Crippen LogP contribution in [0.25, 0.3) is 0 Å². The van der Waals surface area contributed by atoms with E-state index in [1.807, 2.05) is 32.0 Å². The summed E-state index contributed by atoms with van der Waals surface area (Å²) in [5, 5.41) is 5.79. The van der Waals surface area contributed by atoms with Crippen molar-refractivity contribution in [1.82, 2.24) is 10.2 Å². The van der Waals surface area contributed by atoms with Crippen molar-refractivity contribution >= 4 is 17.8 Å². The van der Waals surface area contributed by atoms with Gasteiger partial charge in [-0.3, -0.25) is 0 Å². The second kappa shape index (κ2) is 9.15. The van der Waals surface area contributed by atoms with Crippen LogP contribution >= 0.6 is 0 Å². The normalized spacial score (nSPS) is 15.0. The highest BCUT2D eigenvalue weighted by atomic mass is 16.6. The minimum atomic E-state index is -0.287. The first-order chi connectivity index (χ1) is 12.0. The summed E-state index contributed by atoms with van der Waals surface area (Å²) in [4.78, 5) is 25.6. The molecule has 0 aliphatic carbocycles. The van der Waals surface area contributed by atoms with Crippen molar-refractivity contribution in [2.75, 3.05) is 25.0 Å². The van der Waals surface area contributed by atoms with Crippen LogP contribution in [0, 0.1) is 0 Å². The average Bonchev–Trinajstić information content (AvgIpc) is 2.57. The van der Waals surface area contributed by atoms with Crippen molar-refractivity contribution in [3.05, 3.63) is 24.3 Å². The van der Waals surface area contributed by atoms with Crippen molar-refractivity contribution in [2.24, 2.45) is 0 Å². The molecule has 1 heterocycles. The molecule has 1 saturated heterocycles. The number of carbonyl (C=O) groups is 2. The van der Waals surface area contributed by atoms with Crippen LogP contribution in [0.5, 0.6) is 5.75 Å². The highest BCUT2D eigenvalue weighted by molar-refractivity contribution is 5.91. The van der Waals surface area contributed by atoms with E-state index < -0.39 is 0 Å². The first kappa shape index (κ1) is 18.9. The number of hydrogen-bond acceptors (Lipinski definition) is 4. The van der Waals surface area contributed by atoms with E-state index in [9.17, 15) is 9.59 Å². The number of likely N-dealkylation sites (tertiary alicyclic amines) is 1. The molecule has 1 aromatic rings. The number of nitrogens with one attached hydrogen (secondary N) is 2. The van der Waals surface area contributed by atoms with Crippen molar-refractivity contribution in [1.29, 1.82) is 0 Å². The van der Waals surface area contributed by atoms with E-state index >= 15 is 0 Å². The van der Waals surface area contributed by atoms with Gasteiger partial charge in [0.15, 0.2) is 0 Å². The SMILES string of the molecule is CCOC(=O)N1CCC(NC(=O)Nc2ccccc2OC(C)C)CC1. The Balaban J connectivity index is 1.83. The van der Waals surface area contributed by atoms with E-state index in [2.05, 4.69) is 10.6 Å². The second-order valence-electron chi connectivity index (χ2n) is 6.22. The average molecular weight is 349 g/mol. The molecular weight excluding hydrogens is 322 g/mol. The first-order valence-corrected chi connectivity index (χ1v) is 8.74. The quantitative estimate of drug-likeness (QED) is 0.855. The summed E-state index contributed by atoms with van der Waals surface area (Å²) in [5.74, 6) is 0.643. The van der Waals surface area contributed by atoms with E-state index in [1.165, 1.54) is 0 Å². The van der Waals surface area contributed by atoms with Gasteiger partial charge in [0.25, 0.3) is 0 Å². The molecule has 0 radical (unpaired) electrons. The number of rotatable bonds is 5. The van der Waals surface area contributed by atoms with Crippen LogP contribution in [-0.2, 0) is 4.74 Å². The van der Waals surface area contributed by atoms with Gasteiger partial charge in [-0.05, 0) is 45.7 Å². The number of benzene rings is 1. The van der Waals surface area contributed by atoms with Crippen LogP contribution < -0.4 is 15.4 Å². The van der Waals surface area contributed by atoms with Crippen LogP contribution in [-0.4, -0.2) is 48.9 Å². The monoisotopic (exact) mass is 349 g/mol. The molecule has 0 saturated carbocycles. The second-order valence-corrected chi connectivity index (χ2v) is 6.22. The summed E-state index contributed by atoms with van der Waals surface area (Å²) in [6.07, 6.45) is 1.15. The number of para-hydroxylation sites is 2. The number of amides is 3. The summed E-state index contributed by atoms with van der Waals surface area (Å²) in [6.45, 7) is 7.20. The maximum Gasteiger partial charge on any atom is 0.409 e. The van der Waals surface area contributed by atoms with Gasteiger partial charge in [0, 0.05) is 19.1 Å². The van der Waals surface area contributed by atoms with E-state index in [0.29, 0.717) is 44.0 Å². The fraction of sp³-hybridized carbons (Fsp3) is 0.556. The third kappa shape index (κ3) is 5.85. The molecular formula is C18H27N3O4. The predicted molar refractivity (Wildman–Crippen MR) is 96.0 cm³/mol. The fourth-order valence-electron chi connectivity index (χ4n) is 2.69. The van der Waals surface area contributed by atoms with E-state index in [-0.39, 0.29) is 24.3 Å². The maximum absolute atomic E-state index is 12.3. The minimum absolute atomic E-state index is 0.0261. The Hall–Kier alpha value is -2.44. The van der Waals surface area contributed by atoms with Crippen LogP contribution in [0.15, 0.2) is 24.3 Å². The first-order valence-electron chi connectivity index (χ1n) is 8.74. The summed E-state index contributed by atoms with van der Waals surface area (Å²) in [6, 6.07) is 7.11. The molecule has 1 fully saturated rings. The van der Waals surface area contributed by atoms with Crippen molar-refractivity contribution < 1.29 is 19.1 Å². The molecule has 0 unspecified atom stereocenters. The molecule has 0 aromatic heterocycles. The molecule has 1 aliphatic rings. The maximum atomic E-state index is 12.3. The van der Waals surface area contributed by atoms with Crippen LogP contribution in [0.4, 0.5) is 15.3 Å². The molecule has 0 atom stereocenters. The highest BCUT2D eigenvalue weighted by Crippen LogP contribution is 2.24. The van der Waals surface area contributed by atoms with Crippen LogP contribution in [0.2, 0.25) is 0 Å². The van der Waals surface area contributed by atoms with Gasteiger partial charge in [-0.25, -0.2) is 9.59 Å². The number of anilines is 1. The smallest absolute Gasteiger partial charge is 0.409 e. The molecule has 3 amide bonds. The van der Waals surface area contributed by atoms with Gasteiger partial charge >= 0.3 is 12.1 Å². The molecule has 25 heavy (non-hydrogen) atoms. The zero-order chi connectivity index (χ0) is 18.2. The Kier molecular flexibility index (Phi) is 6.91. The lowest BCUT2D eigenvalue weighted by Crippen LogP contribution is -2.47. The number of ether oxygens (including phenoxy) is 2. The third-order valence-electron chi connectivity index (χ3n) is 3.85. The summed E-state index contributed by atoms with van der Waals surface area (Å²) < 4.78 is 10.7. The largest absolute Gasteiger partial charge is 0.489 e. The zero-order valence-electron chi connectivity index (χ0n) is 15.1. The van der Waals surface area contributed by atoms with Gasteiger partial charge in [-0.2, -0.15) is 0 Å². The van der Waals surface area contributed by atoms with Gasteiger partial charge in [0.1, 0.15) is 5.75 Å². The molecule has 138 valence electrons. The molecule has 2 rings (SSSR count). The number of carbonyl (C=O) groups excluding carboxylic acids is 2. The molecule has 1 aliphatic heterocycles. The minimum Gasteiger partial charge on any atom is -0.489 e. The van der Waals surface area contributed by atoms with Gasteiger partial charge in [0.05, 0.1) is 18.4 Å². The Bertz CT molecular complexity index is 583. The highest BCUT2D eigenvalue weighted by Gasteiger charge is 2.24. The number of piperidine rings is 1. The Morgan fingerprint density at radius 3 is 2.56 bits per heavy atom. The van der Waals surface area contributed by atoms with Crippen molar-refractivity contribution in [3.8, 4) is 5.75 Å². The Morgan fingerprint density at radius 2 is 1.92 bits per heavy atom. The predicted octanol–water partition coefficient (Wildman–Crippen LogP) is 3.22. The summed E-state index contributed by atoms with van der Waals surface area (Å²) in [7, 11) is 0. The summed E-state index contributed by atoms with van der Waals surface area (Å²) >= 11 is 0. The van der Waals surface area contributed by atoms with Crippen molar-refractivity contribution in [3.63, 3.8) is 0 Å². The molecule has 0 bridgehead atoms. The summed E-state index contributed by atoms with van der Waals surface area (Å²) in [5.41, 5.74) is 0.637. The molecule has 1 aromatic carbocycles. The van der Waals surface area contributed by atoms with Crippen molar-refractivity contribution in [2.45, 2.75) is 45.8 Å². The lowest BCUT2D eigenvalue weighted by Gasteiger charge is -2.31. The lowest BCUT2D eigenvalue weighted by atomic mass is 10.1. The fourth-order valence-corrected chi connectivity index (χ4v) is 2.69. The van der Waals surface area contributed by atoms with Gasteiger partial charge in [-0.15, -0.1) is 0 Å². The van der Waals surface area contributed by atoms with E-state index in [1.54, 1.807) is 17.9 Å².